The standard InChI is InChI=1S/C23H23F2N3O5/c1-32-17-7-6-14(12-18(17)33-21(24)25)9-11-26-19(29)13-28-20(30)23(27-22(28)31)10-8-15-4-2-3-5-16(15)23/h2-7,12,21H,8-11,13H2,1H3,(H,26,29)(H,27,31). The number of benzene rings is 2. The Balaban J connectivity index is 1.35. The van der Waals surface area contributed by atoms with Crippen LogP contribution in [0.5, 0.6) is 11.5 Å². The van der Waals surface area contributed by atoms with Crippen LogP contribution in [-0.2, 0) is 28.0 Å². The van der Waals surface area contributed by atoms with Crippen LogP contribution in [0.1, 0.15) is 23.1 Å². The summed E-state index contributed by atoms with van der Waals surface area (Å²) in [6, 6.07) is 11.4. The van der Waals surface area contributed by atoms with Gasteiger partial charge in [-0.15, -0.1) is 0 Å². The molecular formula is C23H23F2N3O5. The predicted molar refractivity (Wildman–Crippen MR) is 113 cm³/mol. The summed E-state index contributed by atoms with van der Waals surface area (Å²) in [6.45, 7) is -3.22. The van der Waals surface area contributed by atoms with Crippen molar-refractivity contribution in [3.05, 3.63) is 59.2 Å². The van der Waals surface area contributed by atoms with Crippen molar-refractivity contribution in [2.45, 2.75) is 31.4 Å². The number of ether oxygens (including phenoxy) is 2. The molecule has 4 amide bonds. The molecule has 8 nitrogen and oxygen atoms in total. The quantitative estimate of drug-likeness (QED) is 0.591. The molecule has 1 aliphatic carbocycles. The first-order chi connectivity index (χ1) is 15.8. The van der Waals surface area contributed by atoms with Gasteiger partial charge in [-0.2, -0.15) is 8.78 Å². The van der Waals surface area contributed by atoms with E-state index in [2.05, 4.69) is 15.4 Å². The lowest BCUT2D eigenvalue weighted by atomic mass is 9.92. The van der Waals surface area contributed by atoms with E-state index in [-0.39, 0.29) is 18.0 Å². The fourth-order valence-corrected chi connectivity index (χ4v) is 4.34. The third-order valence-corrected chi connectivity index (χ3v) is 5.90. The van der Waals surface area contributed by atoms with Crippen LogP contribution in [0.2, 0.25) is 0 Å². The summed E-state index contributed by atoms with van der Waals surface area (Å²) < 4.78 is 34.6. The molecule has 2 N–H and O–H groups in total. The molecule has 1 heterocycles. The van der Waals surface area contributed by atoms with E-state index in [9.17, 15) is 23.2 Å². The highest BCUT2D eigenvalue weighted by molar-refractivity contribution is 6.09. The number of nitrogens with one attached hydrogen (secondary N) is 2. The Morgan fingerprint density at radius 1 is 1.21 bits per heavy atom. The molecule has 1 aliphatic heterocycles. The van der Waals surface area contributed by atoms with E-state index in [0.717, 1.165) is 16.0 Å². The topological polar surface area (TPSA) is 97.0 Å². The van der Waals surface area contributed by atoms with E-state index in [0.29, 0.717) is 24.8 Å². The number of hydrogen-bond donors (Lipinski definition) is 2. The van der Waals surface area contributed by atoms with E-state index in [1.165, 1.54) is 19.2 Å². The molecule has 2 aliphatic rings. The van der Waals surface area contributed by atoms with Gasteiger partial charge in [-0.3, -0.25) is 14.5 Å². The number of hydrogen-bond acceptors (Lipinski definition) is 5. The molecule has 1 unspecified atom stereocenters. The second-order valence-electron chi connectivity index (χ2n) is 7.85. The summed E-state index contributed by atoms with van der Waals surface area (Å²) in [4.78, 5) is 38.9. The molecule has 1 atom stereocenters. The van der Waals surface area contributed by atoms with Crippen LogP contribution in [0, 0.1) is 0 Å². The molecular weight excluding hydrogens is 436 g/mol. The van der Waals surface area contributed by atoms with E-state index < -0.39 is 36.5 Å². The fourth-order valence-electron chi connectivity index (χ4n) is 4.34. The molecule has 0 aromatic heterocycles. The van der Waals surface area contributed by atoms with Gasteiger partial charge in [0.25, 0.3) is 5.91 Å². The third kappa shape index (κ3) is 4.33. The highest BCUT2D eigenvalue weighted by Crippen LogP contribution is 2.41. The molecule has 33 heavy (non-hydrogen) atoms. The van der Waals surface area contributed by atoms with Gasteiger partial charge in [0.05, 0.1) is 7.11 Å². The fraction of sp³-hybridized carbons (Fsp3) is 0.348. The lowest BCUT2D eigenvalue weighted by Crippen LogP contribution is -2.44. The van der Waals surface area contributed by atoms with Crippen molar-refractivity contribution in [1.29, 1.82) is 0 Å². The molecule has 0 radical (unpaired) electrons. The zero-order valence-corrected chi connectivity index (χ0v) is 17.9. The maximum Gasteiger partial charge on any atom is 0.387 e. The van der Waals surface area contributed by atoms with Crippen LogP contribution in [0.25, 0.3) is 0 Å². The zero-order chi connectivity index (χ0) is 23.6. The van der Waals surface area contributed by atoms with E-state index in [1.54, 1.807) is 6.07 Å². The lowest BCUT2D eigenvalue weighted by Gasteiger charge is -2.22. The smallest absolute Gasteiger partial charge is 0.387 e. The van der Waals surface area contributed by atoms with Crippen LogP contribution in [0.3, 0.4) is 0 Å². The van der Waals surface area contributed by atoms with Gasteiger partial charge in [-0.1, -0.05) is 30.3 Å². The van der Waals surface area contributed by atoms with Crippen molar-refractivity contribution in [2.75, 3.05) is 20.2 Å². The van der Waals surface area contributed by atoms with Gasteiger partial charge < -0.3 is 20.1 Å². The number of methoxy groups -OCH3 is 1. The second kappa shape index (κ2) is 9.05. The monoisotopic (exact) mass is 459 g/mol. The number of halogens is 2. The van der Waals surface area contributed by atoms with E-state index in [4.69, 9.17) is 4.74 Å². The molecule has 1 fully saturated rings. The Kier molecular flexibility index (Phi) is 6.17. The van der Waals surface area contributed by atoms with Gasteiger partial charge in [0, 0.05) is 6.54 Å². The van der Waals surface area contributed by atoms with Gasteiger partial charge in [-0.25, -0.2) is 4.79 Å². The van der Waals surface area contributed by atoms with Crippen LogP contribution in [-0.4, -0.2) is 49.6 Å². The minimum atomic E-state index is -2.99. The molecule has 0 bridgehead atoms. The van der Waals surface area contributed by atoms with Crippen LogP contribution >= 0.6 is 0 Å². The van der Waals surface area contributed by atoms with E-state index >= 15 is 0 Å². The van der Waals surface area contributed by atoms with Gasteiger partial charge in [0.2, 0.25) is 5.91 Å². The molecule has 1 spiro atoms. The number of imide groups is 1. The Hall–Kier alpha value is -3.69. The largest absolute Gasteiger partial charge is 0.493 e. The summed E-state index contributed by atoms with van der Waals surface area (Å²) in [7, 11) is 1.34. The first-order valence-electron chi connectivity index (χ1n) is 10.4. The first kappa shape index (κ1) is 22.5. The van der Waals surface area contributed by atoms with Gasteiger partial charge in [0.15, 0.2) is 11.5 Å². The number of aryl methyl sites for hydroxylation is 1. The van der Waals surface area contributed by atoms with Crippen LogP contribution < -0.4 is 20.1 Å². The predicted octanol–water partition coefficient (Wildman–Crippen LogP) is 2.35. The van der Waals surface area contributed by atoms with Crippen LogP contribution in [0.4, 0.5) is 13.6 Å². The summed E-state index contributed by atoms with van der Waals surface area (Å²) in [5.41, 5.74) is 1.31. The van der Waals surface area contributed by atoms with Crippen molar-refractivity contribution in [3.8, 4) is 11.5 Å². The third-order valence-electron chi connectivity index (χ3n) is 5.90. The van der Waals surface area contributed by atoms with Crippen molar-refractivity contribution in [3.63, 3.8) is 0 Å². The zero-order valence-electron chi connectivity index (χ0n) is 17.9. The number of amides is 4. The number of carbonyl (C=O) groups excluding carboxylic acids is 3. The highest BCUT2D eigenvalue weighted by Gasteiger charge is 2.55. The van der Waals surface area contributed by atoms with Gasteiger partial charge in [0.1, 0.15) is 12.1 Å². The number of urea groups is 1. The summed E-state index contributed by atoms with van der Waals surface area (Å²) >= 11 is 0. The van der Waals surface area contributed by atoms with Crippen molar-refractivity contribution in [2.24, 2.45) is 0 Å². The average molecular weight is 459 g/mol. The molecule has 0 saturated carbocycles. The molecule has 174 valence electrons. The van der Waals surface area contributed by atoms with Gasteiger partial charge >= 0.3 is 12.6 Å². The average Bonchev–Trinajstić information content (AvgIpc) is 3.27. The maximum absolute atomic E-state index is 13.1. The number of fused-ring (bicyclic) bond motifs is 2. The molecule has 2 aromatic carbocycles. The number of rotatable bonds is 8. The SMILES string of the molecule is COc1ccc(CCNC(=O)CN2C(=O)NC3(CCc4ccccc43)C2=O)cc1OC(F)F. The van der Waals surface area contributed by atoms with Crippen LogP contribution in [0.15, 0.2) is 42.5 Å². The Labute approximate surface area is 188 Å². The van der Waals surface area contributed by atoms with E-state index in [1.807, 2.05) is 24.3 Å². The number of alkyl halides is 2. The molecule has 10 heteroatoms. The summed E-state index contributed by atoms with van der Waals surface area (Å²) in [5, 5.41) is 5.43. The first-order valence-corrected chi connectivity index (χ1v) is 10.4. The molecule has 2 aromatic rings. The number of carbonyl (C=O) groups is 3. The van der Waals surface area contributed by atoms with Gasteiger partial charge in [-0.05, 0) is 48.1 Å². The van der Waals surface area contributed by atoms with Crippen molar-refractivity contribution >= 4 is 17.8 Å². The lowest BCUT2D eigenvalue weighted by molar-refractivity contribution is -0.135. The minimum Gasteiger partial charge on any atom is -0.493 e. The van der Waals surface area contributed by atoms with Crippen molar-refractivity contribution in [1.82, 2.24) is 15.5 Å². The number of nitrogens with zero attached hydrogens (tertiary/aromatic N) is 1. The second-order valence-corrected chi connectivity index (χ2v) is 7.85. The Morgan fingerprint density at radius 2 is 2.00 bits per heavy atom. The summed E-state index contributed by atoms with van der Waals surface area (Å²) in [6.07, 6.45) is 1.45. The highest BCUT2D eigenvalue weighted by atomic mass is 19.3. The maximum atomic E-state index is 13.1. The molecule has 1 saturated heterocycles. The Morgan fingerprint density at radius 3 is 2.76 bits per heavy atom. The summed E-state index contributed by atoms with van der Waals surface area (Å²) in [5.74, 6) is -0.863. The minimum absolute atomic E-state index is 0.0993. The Bertz CT molecular complexity index is 1090. The normalized spacial score (nSPS) is 19.1. The molecule has 4 rings (SSSR count). The van der Waals surface area contributed by atoms with Crippen molar-refractivity contribution < 1.29 is 32.6 Å².